The van der Waals surface area contributed by atoms with Gasteiger partial charge in [-0.3, -0.25) is 4.18 Å². The normalized spacial score (nSPS) is 13.2. The molecule has 0 radical (unpaired) electrons. The van der Waals surface area contributed by atoms with Gasteiger partial charge in [0.2, 0.25) is 0 Å². The third-order valence-corrected chi connectivity index (χ3v) is 5.25. The van der Waals surface area contributed by atoms with Crippen LogP contribution in [-0.4, -0.2) is 39.9 Å². The van der Waals surface area contributed by atoms with E-state index >= 15 is 0 Å². The van der Waals surface area contributed by atoms with Crippen LogP contribution in [0.5, 0.6) is 0 Å². The zero-order valence-corrected chi connectivity index (χ0v) is 16.4. The van der Waals surface area contributed by atoms with E-state index in [-0.39, 0.29) is 17.1 Å². The average Bonchev–Trinajstić information content (AvgIpc) is 2.53. The average molecular weight is 359 g/mol. The minimum Gasteiger partial charge on any atom is -0.376 e. The highest BCUT2D eigenvalue weighted by molar-refractivity contribution is 7.86. The lowest BCUT2D eigenvalue weighted by molar-refractivity contribution is -0.111. The summed E-state index contributed by atoms with van der Waals surface area (Å²) in [6.07, 6.45) is 1.32. The maximum Gasteiger partial charge on any atom is 0.296 e. The van der Waals surface area contributed by atoms with Crippen LogP contribution in [0.15, 0.2) is 29.2 Å². The summed E-state index contributed by atoms with van der Waals surface area (Å²) in [6.45, 7) is 10.2. The van der Waals surface area contributed by atoms with Gasteiger partial charge in [0.1, 0.15) is 0 Å². The molecule has 0 spiro atoms. The van der Waals surface area contributed by atoms with E-state index in [9.17, 15) is 8.42 Å². The van der Waals surface area contributed by atoms with Crippen molar-refractivity contribution < 1.29 is 22.1 Å². The minimum absolute atomic E-state index is 0.0677. The highest BCUT2D eigenvalue weighted by atomic mass is 32.2. The molecule has 0 bridgehead atoms. The van der Waals surface area contributed by atoms with Crippen LogP contribution in [0.1, 0.15) is 46.6 Å². The van der Waals surface area contributed by atoms with Crippen LogP contribution in [0.25, 0.3) is 0 Å². The summed E-state index contributed by atoms with van der Waals surface area (Å²) in [5.41, 5.74) is 0.201. The molecule has 0 aliphatic carbocycles. The molecule has 0 aliphatic rings. The van der Waals surface area contributed by atoms with Crippen molar-refractivity contribution in [3.8, 4) is 0 Å². The summed E-state index contributed by atoms with van der Waals surface area (Å²) in [7, 11) is -2.10. The summed E-state index contributed by atoms with van der Waals surface area (Å²) >= 11 is 0. The number of benzene rings is 1. The maximum atomic E-state index is 12.2. The molecule has 0 N–H and O–H groups in total. The Bertz CT molecular complexity index is 603. The first-order chi connectivity index (χ1) is 11.0. The van der Waals surface area contributed by atoms with E-state index in [2.05, 4.69) is 0 Å². The number of methoxy groups -OCH3 is 1. The first-order valence-electron chi connectivity index (χ1n) is 8.19. The molecular formula is C18H30O5S. The van der Waals surface area contributed by atoms with E-state index in [0.717, 1.165) is 12.0 Å². The largest absolute Gasteiger partial charge is 0.376 e. The summed E-state index contributed by atoms with van der Waals surface area (Å²) in [5, 5.41) is 0. The molecule has 1 aromatic rings. The quantitative estimate of drug-likeness (QED) is 0.599. The van der Waals surface area contributed by atoms with Crippen LogP contribution in [0, 0.1) is 0 Å². The van der Waals surface area contributed by atoms with Crippen LogP contribution in [0.2, 0.25) is 0 Å². The van der Waals surface area contributed by atoms with Gasteiger partial charge in [0.25, 0.3) is 10.1 Å². The monoisotopic (exact) mass is 358 g/mol. The van der Waals surface area contributed by atoms with Crippen molar-refractivity contribution in [1.82, 2.24) is 0 Å². The van der Waals surface area contributed by atoms with E-state index in [1.54, 1.807) is 31.4 Å². The third kappa shape index (κ3) is 6.89. The van der Waals surface area contributed by atoms with Crippen molar-refractivity contribution in [2.45, 2.75) is 63.6 Å². The maximum absolute atomic E-state index is 12.2. The van der Waals surface area contributed by atoms with E-state index in [1.165, 1.54) is 0 Å². The Morgan fingerprint density at radius 1 is 1.00 bits per heavy atom. The topological polar surface area (TPSA) is 61.8 Å². The minimum atomic E-state index is -3.74. The van der Waals surface area contributed by atoms with Gasteiger partial charge >= 0.3 is 0 Å². The molecule has 1 rings (SSSR count). The van der Waals surface area contributed by atoms with E-state index < -0.39 is 15.7 Å². The molecule has 0 aromatic heterocycles. The van der Waals surface area contributed by atoms with E-state index in [0.29, 0.717) is 13.0 Å². The Hall–Kier alpha value is -0.950. The van der Waals surface area contributed by atoms with Gasteiger partial charge in [-0.1, -0.05) is 19.1 Å². The summed E-state index contributed by atoms with van der Waals surface area (Å²) < 4.78 is 40.7. The van der Waals surface area contributed by atoms with E-state index in [4.69, 9.17) is 13.7 Å². The predicted molar refractivity (Wildman–Crippen MR) is 94.7 cm³/mol. The number of ether oxygens (including phenoxy) is 2. The third-order valence-electron chi connectivity index (χ3n) is 3.93. The molecule has 1 aromatic carbocycles. The molecule has 0 aliphatic heterocycles. The number of aryl methyl sites for hydroxylation is 1. The van der Waals surface area contributed by atoms with Gasteiger partial charge in [-0.25, -0.2) is 0 Å². The summed E-state index contributed by atoms with van der Waals surface area (Å²) in [4.78, 5) is 0.180. The molecule has 0 heterocycles. The van der Waals surface area contributed by atoms with E-state index in [1.807, 2.05) is 34.6 Å². The molecule has 0 unspecified atom stereocenters. The number of hydrogen-bond acceptors (Lipinski definition) is 5. The first kappa shape index (κ1) is 21.1. The van der Waals surface area contributed by atoms with Crippen LogP contribution in [-0.2, 0) is 30.2 Å². The summed E-state index contributed by atoms with van der Waals surface area (Å²) in [5.74, 6) is 0. The standard InChI is InChI=1S/C18H30O5S/c1-7-15-8-10-16(11-9-15)24(19,20)23-13-12-17(2,3)22-14-18(4,5)21-6/h8-11H,7,12-14H2,1-6H3. The molecular weight excluding hydrogens is 328 g/mol. The molecule has 0 saturated heterocycles. The zero-order chi connectivity index (χ0) is 18.4. The lowest BCUT2D eigenvalue weighted by atomic mass is 10.1. The van der Waals surface area contributed by atoms with Crippen molar-refractivity contribution >= 4 is 10.1 Å². The Morgan fingerprint density at radius 3 is 2.08 bits per heavy atom. The Morgan fingerprint density at radius 2 is 1.58 bits per heavy atom. The number of hydrogen-bond donors (Lipinski definition) is 0. The van der Waals surface area contributed by atoms with Crippen molar-refractivity contribution in [2.75, 3.05) is 20.3 Å². The highest BCUT2D eigenvalue weighted by Crippen LogP contribution is 2.20. The second-order valence-corrected chi connectivity index (χ2v) is 8.65. The second-order valence-electron chi connectivity index (χ2n) is 7.04. The molecule has 0 fully saturated rings. The molecule has 6 heteroatoms. The summed E-state index contributed by atoms with van der Waals surface area (Å²) in [6, 6.07) is 6.76. The fourth-order valence-corrected chi connectivity index (χ4v) is 2.77. The van der Waals surface area contributed by atoms with Gasteiger partial charge < -0.3 is 9.47 Å². The second kappa shape index (κ2) is 8.43. The van der Waals surface area contributed by atoms with Crippen LogP contribution in [0.3, 0.4) is 0 Å². The van der Waals surface area contributed by atoms with Crippen molar-refractivity contribution in [1.29, 1.82) is 0 Å². The predicted octanol–water partition coefficient (Wildman–Crippen LogP) is 3.56. The Kier molecular flexibility index (Phi) is 7.41. The molecule has 0 atom stereocenters. The van der Waals surface area contributed by atoms with Crippen molar-refractivity contribution in [2.24, 2.45) is 0 Å². The molecule has 0 amide bonds. The van der Waals surface area contributed by atoms with Crippen molar-refractivity contribution in [3.63, 3.8) is 0 Å². The molecule has 5 nitrogen and oxygen atoms in total. The highest BCUT2D eigenvalue weighted by Gasteiger charge is 2.25. The molecule has 0 saturated carbocycles. The van der Waals surface area contributed by atoms with Crippen molar-refractivity contribution in [3.05, 3.63) is 29.8 Å². The Labute approximate surface area is 146 Å². The van der Waals surface area contributed by atoms with Gasteiger partial charge in [-0.2, -0.15) is 8.42 Å². The smallest absolute Gasteiger partial charge is 0.296 e. The fraction of sp³-hybridized carbons (Fsp3) is 0.667. The van der Waals surface area contributed by atoms with Gasteiger partial charge in [0.15, 0.2) is 0 Å². The van der Waals surface area contributed by atoms with Gasteiger partial charge in [-0.05, 0) is 51.8 Å². The fourth-order valence-electron chi connectivity index (χ4n) is 1.86. The Balaban J connectivity index is 2.55. The molecule has 138 valence electrons. The number of rotatable bonds is 10. The van der Waals surface area contributed by atoms with Gasteiger partial charge in [0.05, 0.1) is 29.3 Å². The zero-order valence-electron chi connectivity index (χ0n) is 15.6. The molecule has 24 heavy (non-hydrogen) atoms. The lowest BCUT2D eigenvalue weighted by Crippen LogP contribution is -2.36. The lowest BCUT2D eigenvalue weighted by Gasteiger charge is -2.31. The van der Waals surface area contributed by atoms with Crippen LogP contribution < -0.4 is 0 Å². The van der Waals surface area contributed by atoms with Gasteiger partial charge in [-0.15, -0.1) is 0 Å². The van der Waals surface area contributed by atoms with Crippen LogP contribution in [0.4, 0.5) is 0 Å². The SMILES string of the molecule is CCc1ccc(S(=O)(=O)OCCC(C)(C)OCC(C)(C)OC)cc1. The van der Waals surface area contributed by atoms with Gasteiger partial charge in [0, 0.05) is 13.5 Å². The van der Waals surface area contributed by atoms with Crippen LogP contribution >= 0.6 is 0 Å². The first-order valence-corrected chi connectivity index (χ1v) is 9.60.